The molecule has 9 heteroatoms. The molecule has 1 N–H and O–H groups in total. The van der Waals surface area contributed by atoms with Gasteiger partial charge in [0.25, 0.3) is 0 Å². The maximum atomic E-state index is 12.9. The lowest BCUT2D eigenvalue weighted by Crippen LogP contribution is -2.55. The van der Waals surface area contributed by atoms with Gasteiger partial charge in [0.15, 0.2) is 5.82 Å². The van der Waals surface area contributed by atoms with Gasteiger partial charge in [-0.15, -0.1) is 0 Å². The molecule has 4 rings (SSSR count). The Bertz CT molecular complexity index is 929. The summed E-state index contributed by atoms with van der Waals surface area (Å²) in [5, 5.41) is 4.58. The van der Waals surface area contributed by atoms with E-state index in [0.29, 0.717) is 22.8 Å². The average molecular weight is 414 g/mol. The number of rotatable bonds is 5. The number of aromatic nitrogens is 3. The average Bonchev–Trinajstić information content (AvgIpc) is 3.25. The molecular weight excluding hydrogens is 390 g/mol. The molecule has 1 aliphatic heterocycles. The molecule has 1 saturated carbocycles. The molecule has 2 aliphatic rings. The molecule has 0 spiro atoms. The van der Waals surface area contributed by atoms with E-state index in [0.717, 1.165) is 30.8 Å². The van der Waals surface area contributed by atoms with Crippen LogP contribution < -0.4 is 15.2 Å². The second-order valence-corrected chi connectivity index (χ2v) is 7.71. The van der Waals surface area contributed by atoms with Gasteiger partial charge in [-0.2, -0.15) is 10.1 Å². The van der Waals surface area contributed by atoms with Gasteiger partial charge in [-0.1, -0.05) is 37.4 Å². The van der Waals surface area contributed by atoms with Crippen LogP contribution in [-0.4, -0.2) is 46.2 Å². The first-order chi connectivity index (χ1) is 14.1. The Morgan fingerprint density at radius 2 is 2.10 bits per heavy atom. The summed E-state index contributed by atoms with van der Waals surface area (Å²) in [5.41, 5.74) is 4.23. The molecule has 2 aromatic rings. The standard InChI is InChI=1S/C20H24ClN7O/c1-3-15-19(29)27(2)16-12-22-20(25-18(16)28(15)14-8-4-5-9-14)26-23-11-13-7-6-10-17(21)24-13/h6-7,10-12,14-15H,3-5,8-9H2,1-2H3,(H,22,25,26). The molecule has 152 valence electrons. The number of halogens is 1. The van der Waals surface area contributed by atoms with E-state index in [-0.39, 0.29) is 11.9 Å². The fourth-order valence-corrected chi connectivity index (χ4v) is 4.26. The van der Waals surface area contributed by atoms with Crippen molar-refractivity contribution in [2.75, 3.05) is 22.3 Å². The first-order valence-electron chi connectivity index (χ1n) is 9.93. The van der Waals surface area contributed by atoms with E-state index >= 15 is 0 Å². The van der Waals surface area contributed by atoms with Crippen molar-refractivity contribution in [3.05, 3.63) is 35.2 Å². The van der Waals surface area contributed by atoms with Gasteiger partial charge in [-0.25, -0.2) is 15.4 Å². The normalized spacial score (nSPS) is 19.8. The van der Waals surface area contributed by atoms with Crippen LogP contribution in [0.2, 0.25) is 5.15 Å². The van der Waals surface area contributed by atoms with Crippen molar-refractivity contribution in [1.82, 2.24) is 15.0 Å². The Labute approximate surface area is 175 Å². The monoisotopic (exact) mass is 413 g/mol. The van der Waals surface area contributed by atoms with Crippen LogP contribution in [0.15, 0.2) is 29.5 Å². The molecule has 2 aromatic heterocycles. The van der Waals surface area contributed by atoms with Gasteiger partial charge >= 0.3 is 0 Å². The highest BCUT2D eigenvalue weighted by molar-refractivity contribution is 6.29. The number of likely N-dealkylation sites (N-methyl/N-ethyl adjacent to an activating group) is 1. The number of nitrogens with zero attached hydrogens (tertiary/aromatic N) is 6. The van der Waals surface area contributed by atoms with Crippen LogP contribution in [0, 0.1) is 0 Å². The maximum absolute atomic E-state index is 12.9. The van der Waals surface area contributed by atoms with E-state index in [1.807, 2.05) is 13.0 Å². The molecule has 1 atom stereocenters. The number of nitrogens with one attached hydrogen (secondary N) is 1. The van der Waals surface area contributed by atoms with Crippen molar-refractivity contribution in [3.63, 3.8) is 0 Å². The van der Waals surface area contributed by atoms with Gasteiger partial charge in [0.2, 0.25) is 11.9 Å². The minimum atomic E-state index is -0.197. The number of carbonyl (C=O) groups excluding carboxylic acids is 1. The lowest BCUT2D eigenvalue weighted by molar-refractivity contribution is -0.120. The van der Waals surface area contributed by atoms with Crippen molar-refractivity contribution >= 4 is 41.2 Å². The van der Waals surface area contributed by atoms with Crippen molar-refractivity contribution < 1.29 is 4.79 Å². The Hall–Kier alpha value is -2.74. The van der Waals surface area contributed by atoms with E-state index in [2.05, 4.69) is 25.4 Å². The predicted molar refractivity (Wildman–Crippen MR) is 115 cm³/mol. The molecule has 0 radical (unpaired) electrons. The molecule has 1 amide bonds. The van der Waals surface area contributed by atoms with Gasteiger partial charge < -0.3 is 9.80 Å². The number of amides is 1. The summed E-state index contributed by atoms with van der Waals surface area (Å²) in [5.74, 6) is 1.27. The molecule has 0 saturated heterocycles. The number of anilines is 3. The quantitative estimate of drug-likeness (QED) is 0.458. The number of hydrogen-bond acceptors (Lipinski definition) is 7. The van der Waals surface area contributed by atoms with E-state index in [4.69, 9.17) is 16.6 Å². The Kier molecular flexibility index (Phi) is 5.62. The van der Waals surface area contributed by atoms with Crippen molar-refractivity contribution in [2.45, 2.75) is 51.1 Å². The SMILES string of the molecule is CCC1C(=O)N(C)c2cnc(NN=Cc3cccc(Cl)n3)nc2N1C1CCCC1. The largest absolute Gasteiger partial charge is 0.340 e. The van der Waals surface area contributed by atoms with Gasteiger partial charge in [0, 0.05) is 13.1 Å². The molecule has 0 bridgehead atoms. The molecule has 1 aliphatic carbocycles. The topological polar surface area (TPSA) is 86.6 Å². The summed E-state index contributed by atoms with van der Waals surface area (Å²) in [6.45, 7) is 2.05. The highest BCUT2D eigenvalue weighted by Gasteiger charge is 2.41. The zero-order valence-electron chi connectivity index (χ0n) is 16.5. The molecule has 1 unspecified atom stereocenters. The van der Waals surface area contributed by atoms with Crippen molar-refractivity contribution in [2.24, 2.45) is 5.10 Å². The first kappa shape index (κ1) is 19.6. The minimum Gasteiger partial charge on any atom is -0.340 e. The number of hydrazone groups is 1. The lowest BCUT2D eigenvalue weighted by atomic mass is 10.0. The maximum Gasteiger partial charge on any atom is 0.249 e. The first-order valence-corrected chi connectivity index (χ1v) is 10.3. The minimum absolute atomic E-state index is 0.0984. The van der Waals surface area contributed by atoms with Crippen LogP contribution in [0.4, 0.5) is 17.5 Å². The van der Waals surface area contributed by atoms with Gasteiger partial charge in [-0.3, -0.25) is 4.79 Å². The van der Waals surface area contributed by atoms with Gasteiger partial charge in [0.05, 0.1) is 18.1 Å². The van der Waals surface area contributed by atoms with Gasteiger partial charge in [-0.05, 0) is 31.4 Å². The second-order valence-electron chi connectivity index (χ2n) is 7.32. The number of pyridine rings is 1. The third kappa shape index (κ3) is 3.89. The predicted octanol–water partition coefficient (Wildman–Crippen LogP) is 3.48. The summed E-state index contributed by atoms with van der Waals surface area (Å²) in [6, 6.07) is 5.46. The highest BCUT2D eigenvalue weighted by Crippen LogP contribution is 2.39. The second kappa shape index (κ2) is 8.32. The van der Waals surface area contributed by atoms with E-state index in [1.165, 1.54) is 12.8 Å². The molecule has 0 aromatic carbocycles. The third-order valence-corrected chi connectivity index (χ3v) is 5.72. The summed E-state index contributed by atoms with van der Waals surface area (Å²) in [7, 11) is 1.79. The molecular formula is C20H24ClN7O. The Morgan fingerprint density at radius 1 is 1.31 bits per heavy atom. The summed E-state index contributed by atoms with van der Waals surface area (Å²) in [4.78, 5) is 30.0. The highest BCUT2D eigenvalue weighted by atomic mass is 35.5. The fraction of sp³-hybridized carbons (Fsp3) is 0.450. The van der Waals surface area contributed by atoms with Crippen molar-refractivity contribution in [1.29, 1.82) is 0 Å². The van der Waals surface area contributed by atoms with E-state index < -0.39 is 0 Å². The third-order valence-electron chi connectivity index (χ3n) is 5.51. The fourth-order valence-electron chi connectivity index (χ4n) is 4.09. The Balaban J connectivity index is 1.62. The van der Waals surface area contributed by atoms with Gasteiger partial charge in [0.1, 0.15) is 16.9 Å². The van der Waals surface area contributed by atoms with Crippen LogP contribution in [0.1, 0.15) is 44.7 Å². The van der Waals surface area contributed by atoms with E-state index in [9.17, 15) is 4.79 Å². The summed E-state index contributed by atoms with van der Waals surface area (Å²) >= 11 is 5.90. The summed E-state index contributed by atoms with van der Waals surface area (Å²) < 4.78 is 0. The van der Waals surface area contributed by atoms with Crippen LogP contribution in [0.3, 0.4) is 0 Å². The summed E-state index contributed by atoms with van der Waals surface area (Å²) in [6.07, 6.45) is 8.52. The zero-order valence-corrected chi connectivity index (χ0v) is 17.3. The van der Waals surface area contributed by atoms with Crippen LogP contribution in [0.25, 0.3) is 0 Å². The number of fused-ring (bicyclic) bond motifs is 1. The molecule has 29 heavy (non-hydrogen) atoms. The smallest absolute Gasteiger partial charge is 0.249 e. The number of carbonyl (C=O) groups is 1. The molecule has 8 nitrogen and oxygen atoms in total. The molecule has 3 heterocycles. The van der Waals surface area contributed by atoms with Crippen LogP contribution in [0.5, 0.6) is 0 Å². The number of hydrogen-bond donors (Lipinski definition) is 1. The van der Waals surface area contributed by atoms with Crippen LogP contribution in [-0.2, 0) is 4.79 Å². The van der Waals surface area contributed by atoms with Crippen molar-refractivity contribution in [3.8, 4) is 0 Å². The van der Waals surface area contributed by atoms with Crippen LogP contribution >= 0.6 is 11.6 Å². The zero-order chi connectivity index (χ0) is 20.4. The lowest BCUT2D eigenvalue weighted by Gasteiger charge is -2.43. The molecule has 1 fully saturated rings. The Morgan fingerprint density at radius 3 is 2.83 bits per heavy atom. The van der Waals surface area contributed by atoms with E-state index in [1.54, 1.807) is 36.5 Å².